The summed E-state index contributed by atoms with van der Waals surface area (Å²) >= 11 is 3.09. The van der Waals surface area contributed by atoms with Gasteiger partial charge in [0.2, 0.25) is 0 Å². The van der Waals surface area contributed by atoms with Gasteiger partial charge in [0.05, 0.1) is 9.40 Å². The van der Waals surface area contributed by atoms with Gasteiger partial charge in [-0.25, -0.2) is 4.79 Å². The first-order chi connectivity index (χ1) is 8.36. The molecule has 2 rings (SSSR count). The van der Waals surface area contributed by atoms with Crippen LogP contribution in [0.1, 0.15) is 24.0 Å². The quantitative estimate of drug-likeness (QED) is 0.640. The number of nitrogens with zero attached hydrogens (tertiary/aromatic N) is 1. The molecule has 7 heteroatoms. The fourth-order valence-electron chi connectivity index (χ4n) is 2.28. The number of nitro benzene ring substituents is 1. The maximum Gasteiger partial charge on any atom is 0.328 e. The lowest BCUT2D eigenvalue weighted by atomic mass is 9.77. The van der Waals surface area contributed by atoms with Crippen molar-refractivity contribution in [2.24, 2.45) is 5.73 Å². The van der Waals surface area contributed by atoms with E-state index >= 15 is 0 Å². The molecular formula is C11H11BrN2O4. The molecule has 0 heterocycles. The van der Waals surface area contributed by atoms with Crippen LogP contribution >= 0.6 is 15.9 Å². The Morgan fingerprint density at radius 2 is 2.22 bits per heavy atom. The van der Waals surface area contributed by atoms with E-state index in [9.17, 15) is 20.0 Å². The molecule has 1 atom stereocenters. The Bertz CT molecular complexity index is 546. The van der Waals surface area contributed by atoms with Gasteiger partial charge in [-0.2, -0.15) is 0 Å². The van der Waals surface area contributed by atoms with E-state index in [1.54, 1.807) is 0 Å². The summed E-state index contributed by atoms with van der Waals surface area (Å²) in [6.07, 6.45) is 1.55. The lowest BCUT2D eigenvalue weighted by Gasteiger charge is -2.31. The number of fused-ring (bicyclic) bond motifs is 1. The van der Waals surface area contributed by atoms with Gasteiger partial charge in [-0.15, -0.1) is 0 Å². The van der Waals surface area contributed by atoms with Gasteiger partial charge in [-0.05, 0) is 52.4 Å². The fraction of sp³-hybridized carbons (Fsp3) is 0.364. The van der Waals surface area contributed by atoms with Gasteiger partial charge in [-0.1, -0.05) is 0 Å². The van der Waals surface area contributed by atoms with E-state index in [2.05, 4.69) is 15.9 Å². The van der Waals surface area contributed by atoms with Gasteiger partial charge in [0, 0.05) is 6.07 Å². The summed E-state index contributed by atoms with van der Waals surface area (Å²) in [6.45, 7) is 0. The van der Waals surface area contributed by atoms with E-state index in [4.69, 9.17) is 5.73 Å². The van der Waals surface area contributed by atoms with E-state index < -0.39 is 16.4 Å². The minimum absolute atomic E-state index is 0.0663. The molecule has 0 aliphatic heterocycles. The number of rotatable bonds is 2. The Morgan fingerprint density at radius 1 is 1.56 bits per heavy atom. The van der Waals surface area contributed by atoms with Crippen molar-refractivity contribution in [3.63, 3.8) is 0 Å². The third kappa shape index (κ3) is 1.89. The number of hydrogen-bond donors (Lipinski definition) is 2. The van der Waals surface area contributed by atoms with Gasteiger partial charge in [0.1, 0.15) is 5.54 Å². The lowest BCUT2D eigenvalue weighted by Crippen LogP contribution is -2.47. The molecule has 0 saturated heterocycles. The van der Waals surface area contributed by atoms with Crippen LogP contribution in [0, 0.1) is 10.1 Å². The van der Waals surface area contributed by atoms with Crippen LogP contribution in [-0.4, -0.2) is 16.0 Å². The number of nitrogens with two attached hydrogens (primary N) is 1. The highest BCUT2D eigenvalue weighted by atomic mass is 79.9. The normalized spacial score (nSPS) is 22.3. The van der Waals surface area contributed by atoms with Crippen molar-refractivity contribution in [1.82, 2.24) is 0 Å². The van der Waals surface area contributed by atoms with Crippen LogP contribution in [0.2, 0.25) is 0 Å². The van der Waals surface area contributed by atoms with E-state index in [0.29, 0.717) is 30.4 Å². The minimum Gasteiger partial charge on any atom is -0.480 e. The van der Waals surface area contributed by atoms with Crippen LogP contribution in [0.5, 0.6) is 0 Å². The third-order valence-electron chi connectivity index (χ3n) is 3.25. The molecule has 1 aromatic carbocycles. The van der Waals surface area contributed by atoms with Crippen LogP contribution in [0.15, 0.2) is 16.6 Å². The summed E-state index contributed by atoms with van der Waals surface area (Å²) < 4.78 is 0.254. The van der Waals surface area contributed by atoms with Crippen molar-refractivity contribution in [2.45, 2.75) is 24.8 Å². The summed E-state index contributed by atoms with van der Waals surface area (Å²) in [4.78, 5) is 21.6. The number of aliphatic carboxylic acids is 1. The monoisotopic (exact) mass is 314 g/mol. The average Bonchev–Trinajstić information content (AvgIpc) is 2.29. The molecule has 0 bridgehead atoms. The summed E-state index contributed by atoms with van der Waals surface area (Å²) in [6, 6.07) is 2.86. The molecule has 0 saturated carbocycles. The molecule has 18 heavy (non-hydrogen) atoms. The maximum absolute atomic E-state index is 11.3. The number of carbonyl (C=O) groups is 1. The zero-order valence-corrected chi connectivity index (χ0v) is 10.9. The van der Waals surface area contributed by atoms with Gasteiger partial charge >= 0.3 is 5.97 Å². The topological polar surface area (TPSA) is 106 Å². The zero-order chi connectivity index (χ0) is 13.5. The van der Waals surface area contributed by atoms with Crippen molar-refractivity contribution >= 4 is 27.6 Å². The van der Waals surface area contributed by atoms with Crippen LogP contribution < -0.4 is 5.73 Å². The molecular weight excluding hydrogens is 304 g/mol. The van der Waals surface area contributed by atoms with Crippen LogP contribution in [0.25, 0.3) is 0 Å². The molecule has 0 amide bonds. The number of nitro groups is 1. The first-order valence-corrected chi connectivity index (χ1v) is 6.15. The van der Waals surface area contributed by atoms with Gasteiger partial charge in [0.25, 0.3) is 5.69 Å². The highest BCUT2D eigenvalue weighted by Crippen LogP contribution is 2.39. The molecule has 1 aliphatic carbocycles. The Kier molecular flexibility index (Phi) is 3.12. The number of aryl methyl sites for hydroxylation is 1. The first kappa shape index (κ1) is 13.0. The van der Waals surface area contributed by atoms with Crippen molar-refractivity contribution < 1.29 is 14.8 Å². The highest BCUT2D eigenvalue weighted by molar-refractivity contribution is 9.10. The number of carboxylic acids is 1. The lowest BCUT2D eigenvalue weighted by molar-refractivity contribution is -0.385. The molecule has 1 aromatic rings. The van der Waals surface area contributed by atoms with Crippen molar-refractivity contribution in [3.05, 3.63) is 37.8 Å². The predicted molar refractivity (Wildman–Crippen MR) is 67.2 cm³/mol. The second-order valence-electron chi connectivity index (χ2n) is 4.35. The Balaban J connectivity index is 2.64. The molecule has 0 radical (unpaired) electrons. The molecule has 3 N–H and O–H groups in total. The van der Waals surface area contributed by atoms with E-state index in [1.807, 2.05) is 0 Å². The summed E-state index contributed by atoms with van der Waals surface area (Å²) in [7, 11) is 0. The first-order valence-electron chi connectivity index (χ1n) is 5.36. The third-order valence-corrected chi connectivity index (χ3v) is 3.88. The molecule has 96 valence electrons. The SMILES string of the molecule is NC1(C(=O)O)CCCc2cc([N+](=O)[O-])c(Br)cc21. The van der Waals surface area contributed by atoms with Gasteiger partial charge in [-0.3, -0.25) is 10.1 Å². The zero-order valence-electron chi connectivity index (χ0n) is 9.35. The second kappa shape index (κ2) is 4.33. The summed E-state index contributed by atoms with van der Waals surface area (Å²) in [5.74, 6) is -1.11. The molecule has 1 aliphatic rings. The highest BCUT2D eigenvalue weighted by Gasteiger charge is 2.41. The Labute approximate surface area is 111 Å². The van der Waals surface area contributed by atoms with Gasteiger partial charge in [0.15, 0.2) is 0 Å². The smallest absolute Gasteiger partial charge is 0.328 e. The minimum atomic E-state index is -1.45. The van der Waals surface area contributed by atoms with Crippen molar-refractivity contribution in [2.75, 3.05) is 0 Å². The van der Waals surface area contributed by atoms with Crippen LogP contribution in [0.3, 0.4) is 0 Å². The predicted octanol–water partition coefficient (Wildman–Crippen LogP) is 1.93. The summed E-state index contributed by atoms with van der Waals surface area (Å²) in [5.41, 5.74) is 5.50. The van der Waals surface area contributed by atoms with E-state index in [0.717, 1.165) is 0 Å². The number of halogens is 1. The van der Waals surface area contributed by atoms with E-state index in [1.165, 1.54) is 12.1 Å². The molecule has 0 fully saturated rings. The Morgan fingerprint density at radius 3 is 2.78 bits per heavy atom. The van der Waals surface area contributed by atoms with Crippen molar-refractivity contribution in [1.29, 1.82) is 0 Å². The van der Waals surface area contributed by atoms with E-state index in [-0.39, 0.29) is 10.2 Å². The van der Waals surface area contributed by atoms with Crippen molar-refractivity contribution in [3.8, 4) is 0 Å². The van der Waals surface area contributed by atoms with Crippen LogP contribution in [0.4, 0.5) is 5.69 Å². The standard InChI is InChI=1S/C11H11BrN2O4/c12-8-5-7-6(4-9(8)14(17)18)2-1-3-11(7,13)10(15)16/h4-5H,1-3,13H2,(H,15,16). The van der Waals surface area contributed by atoms with Gasteiger partial charge < -0.3 is 10.8 Å². The largest absolute Gasteiger partial charge is 0.480 e. The average molecular weight is 315 g/mol. The number of carboxylic acid groups (broad SMARTS) is 1. The molecule has 0 spiro atoms. The van der Waals surface area contributed by atoms with Crippen LogP contribution in [-0.2, 0) is 16.8 Å². The Hall–Kier alpha value is -1.47. The summed E-state index contributed by atoms with van der Waals surface area (Å²) in [5, 5.41) is 20.1. The maximum atomic E-state index is 11.3. The molecule has 6 nitrogen and oxygen atoms in total. The number of benzene rings is 1. The molecule has 0 aromatic heterocycles. The second-order valence-corrected chi connectivity index (χ2v) is 5.20. The molecule has 1 unspecified atom stereocenters. The fourth-order valence-corrected chi connectivity index (χ4v) is 2.77. The number of hydrogen-bond acceptors (Lipinski definition) is 4.